The molecule has 3 heteroatoms. The molecular formula is C16H13NO2. The average molecular weight is 251 g/mol. The van der Waals surface area contributed by atoms with Crippen molar-refractivity contribution in [3.63, 3.8) is 0 Å². The van der Waals surface area contributed by atoms with Gasteiger partial charge in [-0.05, 0) is 18.6 Å². The topological polar surface area (TPSA) is 53.1 Å². The first kappa shape index (κ1) is 11.5. The fourth-order valence-corrected chi connectivity index (χ4v) is 2.40. The number of nitrogens with one attached hydrogen (secondary N) is 1. The first-order valence-electron chi connectivity index (χ1n) is 6.08. The van der Waals surface area contributed by atoms with E-state index in [9.17, 15) is 9.90 Å². The van der Waals surface area contributed by atoms with Gasteiger partial charge in [-0.3, -0.25) is 0 Å². The third-order valence-electron chi connectivity index (χ3n) is 3.23. The monoisotopic (exact) mass is 251 g/mol. The second-order valence-electron chi connectivity index (χ2n) is 4.60. The first-order chi connectivity index (χ1) is 9.16. The van der Waals surface area contributed by atoms with E-state index < -0.39 is 5.97 Å². The molecule has 0 aliphatic rings. The minimum atomic E-state index is -0.937. The number of hydrogen-bond acceptors (Lipinski definition) is 1. The van der Waals surface area contributed by atoms with E-state index in [2.05, 4.69) is 4.98 Å². The van der Waals surface area contributed by atoms with Gasteiger partial charge in [0.25, 0.3) is 0 Å². The Morgan fingerprint density at radius 1 is 1.11 bits per heavy atom. The van der Waals surface area contributed by atoms with Crippen LogP contribution < -0.4 is 0 Å². The Labute approximate surface area is 110 Å². The number of aromatic nitrogens is 1. The second kappa shape index (κ2) is 4.28. The number of aromatic carboxylic acids is 1. The number of hydrogen-bond donors (Lipinski definition) is 2. The Morgan fingerprint density at radius 3 is 2.63 bits per heavy atom. The van der Waals surface area contributed by atoms with Crippen LogP contribution >= 0.6 is 0 Å². The molecule has 2 aromatic carbocycles. The number of fused-ring (bicyclic) bond motifs is 1. The molecule has 2 N–H and O–H groups in total. The number of aryl methyl sites for hydroxylation is 1. The lowest BCUT2D eigenvalue weighted by atomic mass is 10.0. The molecule has 0 saturated carbocycles. The van der Waals surface area contributed by atoms with E-state index in [4.69, 9.17) is 0 Å². The highest BCUT2D eigenvalue weighted by atomic mass is 16.4. The van der Waals surface area contributed by atoms with Crippen molar-refractivity contribution in [3.05, 3.63) is 59.8 Å². The van der Waals surface area contributed by atoms with Gasteiger partial charge in [0.1, 0.15) is 5.69 Å². The lowest BCUT2D eigenvalue weighted by molar-refractivity contribution is 0.0692. The van der Waals surface area contributed by atoms with Gasteiger partial charge in [-0.15, -0.1) is 0 Å². The normalized spacial score (nSPS) is 10.8. The maximum Gasteiger partial charge on any atom is 0.352 e. The van der Waals surface area contributed by atoms with Gasteiger partial charge in [0.15, 0.2) is 0 Å². The highest BCUT2D eigenvalue weighted by Gasteiger charge is 2.18. The van der Waals surface area contributed by atoms with E-state index in [1.807, 2.05) is 55.5 Å². The van der Waals surface area contributed by atoms with Crippen LogP contribution in [0, 0.1) is 6.92 Å². The van der Waals surface area contributed by atoms with Crippen LogP contribution in [0.2, 0.25) is 0 Å². The quantitative estimate of drug-likeness (QED) is 0.727. The fourth-order valence-electron chi connectivity index (χ4n) is 2.40. The highest BCUT2D eigenvalue weighted by molar-refractivity contribution is 6.07. The van der Waals surface area contributed by atoms with Crippen LogP contribution in [0.4, 0.5) is 0 Å². The van der Waals surface area contributed by atoms with Crippen molar-refractivity contribution in [3.8, 4) is 11.1 Å². The molecule has 0 unspecified atom stereocenters. The van der Waals surface area contributed by atoms with Crippen molar-refractivity contribution in [2.75, 3.05) is 0 Å². The van der Waals surface area contributed by atoms with Crippen molar-refractivity contribution >= 4 is 16.9 Å². The predicted octanol–water partition coefficient (Wildman–Crippen LogP) is 3.84. The van der Waals surface area contributed by atoms with E-state index in [0.29, 0.717) is 0 Å². The molecule has 3 rings (SSSR count). The standard InChI is InChI=1S/C16H13NO2/c1-10-5-4-6-11(9-10)14-12-7-2-3-8-13(12)17-15(14)16(18)19/h2-9,17H,1H3,(H,18,19). The number of carboxylic acids is 1. The molecule has 0 saturated heterocycles. The summed E-state index contributed by atoms with van der Waals surface area (Å²) in [6.07, 6.45) is 0. The van der Waals surface area contributed by atoms with Crippen LogP contribution in [0.25, 0.3) is 22.0 Å². The lowest BCUT2D eigenvalue weighted by Crippen LogP contribution is -1.98. The predicted molar refractivity (Wildman–Crippen MR) is 75.4 cm³/mol. The molecular weight excluding hydrogens is 238 g/mol. The molecule has 0 radical (unpaired) electrons. The van der Waals surface area contributed by atoms with Gasteiger partial charge in [0.05, 0.1) is 0 Å². The Morgan fingerprint density at radius 2 is 1.89 bits per heavy atom. The van der Waals surface area contributed by atoms with Gasteiger partial charge < -0.3 is 10.1 Å². The molecule has 19 heavy (non-hydrogen) atoms. The van der Waals surface area contributed by atoms with Crippen LogP contribution in [0.3, 0.4) is 0 Å². The number of carboxylic acid groups (broad SMARTS) is 1. The molecule has 1 aromatic heterocycles. The number of rotatable bonds is 2. The molecule has 94 valence electrons. The van der Waals surface area contributed by atoms with Gasteiger partial charge >= 0.3 is 5.97 Å². The number of H-pyrrole nitrogens is 1. The summed E-state index contributed by atoms with van der Waals surface area (Å²) < 4.78 is 0. The molecule has 3 nitrogen and oxygen atoms in total. The second-order valence-corrected chi connectivity index (χ2v) is 4.60. The van der Waals surface area contributed by atoms with Crippen molar-refractivity contribution in [1.29, 1.82) is 0 Å². The van der Waals surface area contributed by atoms with Crippen LogP contribution in [-0.2, 0) is 0 Å². The van der Waals surface area contributed by atoms with E-state index >= 15 is 0 Å². The number of carbonyl (C=O) groups is 1. The third-order valence-corrected chi connectivity index (χ3v) is 3.23. The lowest BCUT2D eigenvalue weighted by Gasteiger charge is -2.03. The summed E-state index contributed by atoms with van der Waals surface area (Å²) >= 11 is 0. The van der Waals surface area contributed by atoms with Crippen molar-refractivity contribution in [1.82, 2.24) is 4.98 Å². The van der Waals surface area contributed by atoms with Gasteiger partial charge in [-0.1, -0.05) is 48.0 Å². The number of para-hydroxylation sites is 1. The summed E-state index contributed by atoms with van der Waals surface area (Å²) in [4.78, 5) is 14.4. The summed E-state index contributed by atoms with van der Waals surface area (Å²) in [7, 11) is 0. The first-order valence-corrected chi connectivity index (χ1v) is 6.08. The number of benzene rings is 2. The molecule has 1 heterocycles. The molecule has 0 fully saturated rings. The smallest absolute Gasteiger partial charge is 0.352 e. The summed E-state index contributed by atoms with van der Waals surface area (Å²) in [5.41, 5.74) is 3.88. The Bertz CT molecular complexity index is 771. The van der Waals surface area contributed by atoms with E-state index in [1.54, 1.807) is 0 Å². The van der Waals surface area contributed by atoms with E-state index in [-0.39, 0.29) is 5.69 Å². The zero-order chi connectivity index (χ0) is 13.4. The molecule has 0 atom stereocenters. The Kier molecular flexibility index (Phi) is 2.60. The highest BCUT2D eigenvalue weighted by Crippen LogP contribution is 2.32. The summed E-state index contributed by atoms with van der Waals surface area (Å²) in [6.45, 7) is 2.00. The van der Waals surface area contributed by atoms with Gasteiger partial charge in [0, 0.05) is 16.5 Å². The summed E-state index contributed by atoms with van der Waals surface area (Å²) in [5, 5.41) is 10.3. The molecule has 0 amide bonds. The van der Waals surface area contributed by atoms with Crippen LogP contribution in [0.5, 0.6) is 0 Å². The molecule has 0 bridgehead atoms. The van der Waals surface area contributed by atoms with Crippen molar-refractivity contribution < 1.29 is 9.90 Å². The average Bonchev–Trinajstić information content (AvgIpc) is 2.78. The molecule has 0 aliphatic carbocycles. The van der Waals surface area contributed by atoms with Gasteiger partial charge in [-0.25, -0.2) is 4.79 Å². The molecule has 0 aliphatic heterocycles. The van der Waals surface area contributed by atoms with Gasteiger partial charge in [-0.2, -0.15) is 0 Å². The fraction of sp³-hybridized carbons (Fsp3) is 0.0625. The zero-order valence-electron chi connectivity index (χ0n) is 10.5. The number of aromatic amines is 1. The van der Waals surface area contributed by atoms with Crippen LogP contribution in [0.1, 0.15) is 16.1 Å². The molecule has 0 spiro atoms. The maximum atomic E-state index is 11.4. The zero-order valence-corrected chi connectivity index (χ0v) is 10.5. The summed E-state index contributed by atoms with van der Waals surface area (Å²) in [6, 6.07) is 15.5. The minimum Gasteiger partial charge on any atom is -0.477 e. The van der Waals surface area contributed by atoms with Crippen molar-refractivity contribution in [2.45, 2.75) is 6.92 Å². The van der Waals surface area contributed by atoms with E-state index in [0.717, 1.165) is 27.6 Å². The van der Waals surface area contributed by atoms with E-state index in [1.165, 1.54) is 0 Å². The molecule has 3 aromatic rings. The SMILES string of the molecule is Cc1cccc(-c2c(C(=O)O)[nH]c3ccccc23)c1. The van der Waals surface area contributed by atoms with Gasteiger partial charge in [0.2, 0.25) is 0 Å². The minimum absolute atomic E-state index is 0.242. The largest absolute Gasteiger partial charge is 0.477 e. The Hall–Kier alpha value is -2.55. The van der Waals surface area contributed by atoms with Crippen LogP contribution in [0.15, 0.2) is 48.5 Å². The Balaban J connectivity index is 2.38. The maximum absolute atomic E-state index is 11.4. The van der Waals surface area contributed by atoms with Crippen LogP contribution in [-0.4, -0.2) is 16.1 Å². The summed E-state index contributed by atoms with van der Waals surface area (Å²) in [5.74, 6) is -0.937. The van der Waals surface area contributed by atoms with Crippen molar-refractivity contribution in [2.24, 2.45) is 0 Å². The third kappa shape index (κ3) is 1.89.